The Morgan fingerprint density at radius 1 is 1.14 bits per heavy atom. The molecular formula is C16H13N5. The molecule has 2 aromatic heterocycles. The van der Waals surface area contributed by atoms with E-state index in [0.29, 0.717) is 11.4 Å². The zero-order valence-electron chi connectivity index (χ0n) is 11.8. The molecule has 0 fully saturated rings. The quantitative estimate of drug-likeness (QED) is 0.721. The smallest absolute Gasteiger partial charge is 0.191 e. The van der Waals surface area contributed by atoms with Crippen molar-refractivity contribution < 1.29 is 0 Å². The van der Waals surface area contributed by atoms with Crippen LogP contribution in [0.3, 0.4) is 0 Å². The number of hydrogen-bond acceptors (Lipinski definition) is 4. The van der Waals surface area contributed by atoms with Gasteiger partial charge in [0.15, 0.2) is 5.69 Å². The molecule has 0 N–H and O–H groups in total. The third-order valence-corrected chi connectivity index (χ3v) is 3.16. The lowest BCUT2D eigenvalue weighted by atomic mass is 10.1. The first kappa shape index (κ1) is 13.0. The van der Waals surface area contributed by atoms with Crippen molar-refractivity contribution in [2.24, 2.45) is 0 Å². The fourth-order valence-corrected chi connectivity index (χ4v) is 2.37. The van der Waals surface area contributed by atoms with Crippen molar-refractivity contribution in [3.05, 3.63) is 59.5 Å². The molecule has 21 heavy (non-hydrogen) atoms. The number of nitrogens with zero attached hydrogens (tertiary/aromatic N) is 5. The maximum atomic E-state index is 9.26. The molecule has 3 aromatic rings. The lowest BCUT2D eigenvalue weighted by Gasteiger charge is -2.08. The van der Waals surface area contributed by atoms with Crippen LogP contribution >= 0.6 is 0 Å². The van der Waals surface area contributed by atoms with E-state index in [1.54, 1.807) is 17.1 Å². The average molecular weight is 275 g/mol. The van der Waals surface area contributed by atoms with Gasteiger partial charge >= 0.3 is 0 Å². The van der Waals surface area contributed by atoms with Crippen molar-refractivity contribution in [2.75, 3.05) is 0 Å². The van der Waals surface area contributed by atoms with Crippen molar-refractivity contribution >= 4 is 0 Å². The Bertz CT molecular complexity index is 807. The minimum atomic E-state index is 0.294. The van der Waals surface area contributed by atoms with Crippen LogP contribution < -0.4 is 0 Å². The van der Waals surface area contributed by atoms with E-state index >= 15 is 0 Å². The summed E-state index contributed by atoms with van der Waals surface area (Å²) in [5.74, 6) is 0. The summed E-state index contributed by atoms with van der Waals surface area (Å²) in [6, 6.07) is 11.9. The molecule has 102 valence electrons. The molecule has 5 heteroatoms. The molecule has 0 spiro atoms. The van der Waals surface area contributed by atoms with Gasteiger partial charge in [-0.05, 0) is 49.2 Å². The van der Waals surface area contributed by atoms with E-state index in [1.807, 2.05) is 38.1 Å². The fourth-order valence-electron chi connectivity index (χ4n) is 2.37. The Balaban J connectivity index is 2.25. The van der Waals surface area contributed by atoms with E-state index < -0.39 is 0 Å². The van der Waals surface area contributed by atoms with Gasteiger partial charge in [0.05, 0.1) is 5.69 Å². The Kier molecular flexibility index (Phi) is 3.20. The molecule has 0 aliphatic rings. The largest absolute Gasteiger partial charge is 0.264 e. The van der Waals surface area contributed by atoms with Gasteiger partial charge in [0.2, 0.25) is 0 Å². The highest BCUT2D eigenvalue weighted by atomic mass is 15.4. The number of nitriles is 1. The molecule has 0 atom stereocenters. The number of aryl methyl sites for hydroxylation is 2. The summed E-state index contributed by atoms with van der Waals surface area (Å²) in [6.07, 6.45) is 3.40. The number of rotatable bonds is 2. The molecule has 0 amide bonds. The van der Waals surface area contributed by atoms with Gasteiger partial charge in [-0.25, -0.2) is 4.68 Å². The Morgan fingerprint density at radius 2 is 1.90 bits per heavy atom. The average Bonchev–Trinajstić information content (AvgIpc) is 2.91. The van der Waals surface area contributed by atoms with Crippen molar-refractivity contribution in [3.8, 4) is 23.0 Å². The van der Waals surface area contributed by atoms with Gasteiger partial charge in [0, 0.05) is 18.0 Å². The first-order valence-electron chi connectivity index (χ1n) is 6.54. The van der Waals surface area contributed by atoms with Gasteiger partial charge in [-0.2, -0.15) is 5.26 Å². The number of pyridine rings is 1. The standard InChI is InChI=1S/C16H13N5/c1-11-6-12(2)8-14(7-11)21-16(15(9-17)19-20-21)13-4-3-5-18-10-13/h3-8,10H,1-2H3. The predicted octanol–water partition coefficient (Wildman–Crippen LogP) is 2.82. The molecule has 0 aliphatic heterocycles. The normalized spacial score (nSPS) is 10.3. The Morgan fingerprint density at radius 3 is 2.52 bits per heavy atom. The van der Waals surface area contributed by atoms with Crippen LogP contribution in [0.2, 0.25) is 0 Å². The molecule has 0 radical (unpaired) electrons. The molecule has 0 saturated carbocycles. The Labute approximate surface area is 122 Å². The highest BCUT2D eigenvalue weighted by Crippen LogP contribution is 2.25. The SMILES string of the molecule is Cc1cc(C)cc(-n2nnc(C#N)c2-c2cccnc2)c1. The van der Waals surface area contributed by atoms with Crippen LogP contribution in [0, 0.1) is 25.2 Å². The lowest BCUT2D eigenvalue weighted by Crippen LogP contribution is -2.01. The molecule has 0 saturated heterocycles. The van der Waals surface area contributed by atoms with Gasteiger partial charge in [-0.3, -0.25) is 4.98 Å². The van der Waals surface area contributed by atoms with Crippen LogP contribution in [0.5, 0.6) is 0 Å². The van der Waals surface area contributed by atoms with E-state index in [4.69, 9.17) is 0 Å². The summed E-state index contributed by atoms with van der Waals surface area (Å²) in [7, 11) is 0. The number of aromatic nitrogens is 4. The highest BCUT2D eigenvalue weighted by molar-refractivity contribution is 5.66. The minimum Gasteiger partial charge on any atom is -0.264 e. The zero-order valence-corrected chi connectivity index (χ0v) is 11.8. The summed E-state index contributed by atoms with van der Waals surface area (Å²) in [4.78, 5) is 4.11. The second-order valence-electron chi connectivity index (χ2n) is 4.90. The van der Waals surface area contributed by atoms with Crippen molar-refractivity contribution in [2.45, 2.75) is 13.8 Å². The molecule has 0 aliphatic carbocycles. The summed E-state index contributed by atoms with van der Waals surface area (Å²) < 4.78 is 1.69. The van der Waals surface area contributed by atoms with E-state index in [0.717, 1.165) is 22.4 Å². The third-order valence-electron chi connectivity index (χ3n) is 3.16. The molecule has 0 unspecified atom stereocenters. The third kappa shape index (κ3) is 2.39. The molecule has 2 heterocycles. The number of benzene rings is 1. The fraction of sp³-hybridized carbons (Fsp3) is 0.125. The predicted molar refractivity (Wildman–Crippen MR) is 78.8 cm³/mol. The van der Waals surface area contributed by atoms with E-state index in [-0.39, 0.29) is 0 Å². The van der Waals surface area contributed by atoms with Gasteiger partial charge < -0.3 is 0 Å². The van der Waals surface area contributed by atoms with Crippen molar-refractivity contribution in [3.63, 3.8) is 0 Å². The second kappa shape index (κ2) is 5.17. The molecule has 0 bridgehead atoms. The first-order valence-corrected chi connectivity index (χ1v) is 6.54. The first-order chi connectivity index (χ1) is 10.2. The van der Waals surface area contributed by atoms with Crippen molar-refractivity contribution in [1.29, 1.82) is 5.26 Å². The molecule has 5 nitrogen and oxygen atoms in total. The zero-order chi connectivity index (χ0) is 14.8. The minimum absolute atomic E-state index is 0.294. The van der Waals surface area contributed by atoms with Gasteiger partial charge in [-0.15, -0.1) is 5.10 Å². The number of hydrogen-bond donors (Lipinski definition) is 0. The van der Waals surface area contributed by atoms with Crippen LogP contribution in [0.25, 0.3) is 16.9 Å². The summed E-state index contributed by atoms with van der Waals surface area (Å²) in [5.41, 5.74) is 4.93. The maximum Gasteiger partial charge on any atom is 0.191 e. The van der Waals surface area contributed by atoms with Crippen LogP contribution in [0.1, 0.15) is 16.8 Å². The Hall–Kier alpha value is -3.00. The van der Waals surface area contributed by atoms with E-state index in [2.05, 4.69) is 27.4 Å². The monoisotopic (exact) mass is 275 g/mol. The lowest BCUT2D eigenvalue weighted by molar-refractivity contribution is 0.805. The highest BCUT2D eigenvalue weighted by Gasteiger charge is 2.16. The van der Waals surface area contributed by atoms with E-state index in [9.17, 15) is 5.26 Å². The molecule has 3 rings (SSSR count). The summed E-state index contributed by atoms with van der Waals surface area (Å²) >= 11 is 0. The summed E-state index contributed by atoms with van der Waals surface area (Å²) in [5, 5.41) is 17.4. The van der Waals surface area contributed by atoms with Crippen LogP contribution in [-0.2, 0) is 0 Å². The second-order valence-corrected chi connectivity index (χ2v) is 4.90. The van der Waals surface area contributed by atoms with Crippen LogP contribution in [0.4, 0.5) is 0 Å². The maximum absolute atomic E-state index is 9.26. The van der Waals surface area contributed by atoms with Crippen LogP contribution in [0.15, 0.2) is 42.7 Å². The van der Waals surface area contributed by atoms with Crippen molar-refractivity contribution in [1.82, 2.24) is 20.0 Å². The molecule has 1 aromatic carbocycles. The summed E-state index contributed by atoms with van der Waals surface area (Å²) in [6.45, 7) is 4.06. The van der Waals surface area contributed by atoms with Gasteiger partial charge in [0.1, 0.15) is 11.8 Å². The van der Waals surface area contributed by atoms with Gasteiger partial charge in [0.25, 0.3) is 0 Å². The topological polar surface area (TPSA) is 67.4 Å². The molecular weight excluding hydrogens is 262 g/mol. The van der Waals surface area contributed by atoms with Crippen LogP contribution in [-0.4, -0.2) is 20.0 Å². The van der Waals surface area contributed by atoms with Gasteiger partial charge in [-0.1, -0.05) is 11.3 Å². The van der Waals surface area contributed by atoms with E-state index in [1.165, 1.54) is 0 Å².